The van der Waals surface area contributed by atoms with Gasteiger partial charge in [-0.3, -0.25) is 4.90 Å². The molecule has 0 amide bonds. The van der Waals surface area contributed by atoms with Gasteiger partial charge in [-0.2, -0.15) is 0 Å². The molecule has 1 heterocycles. The van der Waals surface area contributed by atoms with Crippen LogP contribution in [-0.2, 0) is 6.54 Å². The minimum Gasteiger partial charge on any atom is -0.309 e. The van der Waals surface area contributed by atoms with Gasteiger partial charge in [-0.25, -0.2) is 0 Å². The van der Waals surface area contributed by atoms with E-state index in [0.717, 1.165) is 37.7 Å². The maximum atomic E-state index is 6.28. The summed E-state index contributed by atoms with van der Waals surface area (Å²) in [6, 6.07) is 5.90. The van der Waals surface area contributed by atoms with Crippen molar-refractivity contribution in [3.05, 3.63) is 33.8 Å². The molecule has 1 saturated carbocycles. The lowest BCUT2D eigenvalue weighted by atomic mass is 9.92. The van der Waals surface area contributed by atoms with Crippen LogP contribution in [-0.4, -0.2) is 30.1 Å². The first-order valence-electron chi connectivity index (χ1n) is 6.99. The van der Waals surface area contributed by atoms with E-state index in [0.29, 0.717) is 10.0 Å². The summed E-state index contributed by atoms with van der Waals surface area (Å²) in [5, 5.41) is 5.06. The Hall–Kier alpha value is -0.280. The molecule has 3 rings (SSSR count). The molecular weight excluding hydrogens is 279 g/mol. The van der Waals surface area contributed by atoms with Crippen LogP contribution in [0.5, 0.6) is 0 Å². The minimum atomic E-state index is 0.281. The lowest BCUT2D eigenvalue weighted by Crippen LogP contribution is -2.59. The first kappa shape index (κ1) is 13.7. The van der Waals surface area contributed by atoms with Gasteiger partial charge in [0.25, 0.3) is 0 Å². The van der Waals surface area contributed by atoms with E-state index in [-0.39, 0.29) is 5.54 Å². The molecule has 19 heavy (non-hydrogen) atoms. The third-order valence-corrected chi connectivity index (χ3v) is 5.27. The van der Waals surface area contributed by atoms with Gasteiger partial charge in [0.15, 0.2) is 0 Å². The summed E-state index contributed by atoms with van der Waals surface area (Å²) in [6.45, 7) is 6.48. The first-order valence-corrected chi connectivity index (χ1v) is 7.74. The number of hydrogen-bond acceptors (Lipinski definition) is 2. The molecule has 2 fully saturated rings. The fourth-order valence-electron chi connectivity index (χ4n) is 3.14. The Morgan fingerprint density at radius 2 is 2.16 bits per heavy atom. The zero-order valence-electron chi connectivity index (χ0n) is 11.3. The van der Waals surface area contributed by atoms with E-state index in [9.17, 15) is 0 Å². The van der Waals surface area contributed by atoms with E-state index in [1.165, 1.54) is 12.8 Å². The van der Waals surface area contributed by atoms with E-state index >= 15 is 0 Å². The number of benzene rings is 1. The van der Waals surface area contributed by atoms with Gasteiger partial charge in [0.2, 0.25) is 0 Å². The Morgan fingerprint density at radius 1 is 1.37 bits per heavy atom. The summed E-state index contributed by atoms with van der Waals surface area (Å²) in [4.78, 5) is 2.49. The molecule has 1 unspecified atom stereocenters. The number of piperazine rings is 1. The zero-order chi connectivity index (χ0) is 13.5. The van der Waals surface area contributed by atoms with Gasteiger partial charge >= 0.3 is 0 Å². The number of nitrogens with zero attached hydrogens (tertiary/aromatic N) is 1. The summed E-state index contributed by atoms with van der Waals surface area (Å²) < 4.78 is 0. The average Bonchev–Trinajstić information content (AvgIpc) is 3.20. The molecule has 104 valence electrons. The lowest BCUT2D eigenvalue weighted by Gasteiger charge is -2.42. The van der Waals surface area contributed by atoms with Gasteiger partial charge in [-0.15, -0.1) is 0 Å². The largest absolute Gasteiger partial charge is 0.309 e. The van der Waals surface area contributed by atoms with E-state index < -0.39 is 0 Å². The second kappa shape index (κ2) is 5.25. The maximum absolute atomic E-state index is 6.28. The predicted octanol–water partition coefficient (Wildman–Crippen LogP) is 3.57. The predicted molar refractivity (Wildman–Crippen MR) is 80.9 cm³/mol. The fourth-order valence-corrected chi connectivity index (χ4v) is 3.52. The van der Waals surface area contributed by atoms with Crippen LogP contribution in [0.25, 0.3) is 0 Å². The smallest absolute Gasteiger partial charge is 0.0637 e. The van der Waals surface area contributed by atoms with Gasteiger partial charge in [0.05, 0.1) is 10.0 Å². The van der Waals surface area contributed by atoms with E-state index in [1.54, 1.807) is 0 Å². The van der Waals surface area contributed by atoms with Gasteiger partial charge < -0.3 is 5.32 Å². The Labute approximate surface area is 125 Å². The quantitative estimate of drug-likeness (QED) is 0.918. The minimum absolute atomic E-state index is 0.281. The highest BCUT2D eigenvalue weighted by Crippen LogP contribution is 2.41. The Balaban J connectivity index is 1.71. The van der Waals surface area contributed by atoms with Crippen molar-refractivity contribution < 1.29 is 0 Å². The van der Waals surface area contributed by atoms with Crippen molar-refractivity contribution in [3.8, 4) is 0 Å². The molecule has 0 spiro atoms. The molecule has 1 atom stereocenters. The van der Waals surface area contributed by atoms with Crippen molar-refractivity contribution in [2.24, 2.45) is 5.92 Å². The number of nitrogens with one attached hydrogen (secondary N) is 1. The fraction of sp³-hybridized carbons (Fsp3) is 0.600. The van der Waals surface area contributed by atoms with Crippen molar-refractivity contribution in [2.45, 2.75) is 31.8 Å². The molecule has 0 bridgehead atoms. The third kappa shape index (κ3) is 2.92. The van der Waals surface area contributed by atoms with E-state index in [1.807, 2.05) is 12.1 Å². The van der Waals surface area contributed by atoms with Crippen LogP contribution in [0.4, 0.5) is 0 Å². The lowest BCUT2D eigenvalue weighted by molar-refractivity contribution is 0.121. The summed E-state index contributed by atoms with van der Waals surface area (Å²) in [5.74, 6) is 0.852. The number of halogens is 2. The summed E-state index contributed by atoms with van der Waals surface area (Å²) in [7, 11) is 0. The van der Waals surface area contributed by atoms with Crippen LogP contribution in [0, 0.1) is 5.92 Å². The van der Waals surface area contributed by atoms with Crippen molar-refractivity contribution >= 4 is 23.2 Å². The second-order valence-electron chi connectivity index (χ2n) is 6.04. The maximum Gasteiger partial charge on any atom is 0.0637 e. The SMILES string of the molecule is CC1(C2CC2)CN(Cc2cccc(Cl)c2Cl)CCN1. The first-order chi connectivity index (χ1) is 9.08. The molecule has 1 N–H and O–H groups in total. The van der Waals surface area contributed by atoms with Crippen LogP contribution in [0.15, 0.2) is 18.2 Å². The number of rotatable bonds is 3. The van der Waals surface area contributed by atoms with E-state index in [2.05, 4.69) is 23.2 Å². The highest BCUT2D eigenvalue weighted by molar-refractivity contribution is 6.42. The average molecular weight is 299 g/mol. The Morgan fingerprint density at radius 3 is 2.89 bits per heavy atom. The molecule has 1 aromatic carbocycles. The molecular formula is C15H20Cl2N2. The van der Waals surface area contributed by atoms with Gasteiger partial charge in [-0.1, -0.05) is 35.3 Å². The molecule has 1 aromatic rings. The molecule has 0 radical (unpaired) electrons. The summed E-state index contributed by atoms with van der Waals surface area (Å²) >= 11 is 12.4. The standard InChI is InChI=1S/C15H20Cl2N2/c1-15(12-5-6-12)10-19(8-7-18-15)9-11-3-2-4-13(16)14(11)17/h2-4,12,18H,5-10H2,1H3. The summed E-state index contributed by atoms with van der Waals surface area (Å²) in [5.41, 5.74) is 1.41. The second-order valence-corrected chi connectivity index (χ2v) is 6.83. The molecule has 4 heteroatoms. The summed E-state index contributed by atoms with van der Waals surface area (Å²) in [6.07, 6.45) is 2.74. The van der Waals surface area contributed by atoms with Crippen LogP contribution in [0.2, 0.25) is 10.0 Å². The van der Waals surface area contributed by atoms with Crippen LogP contribution in [0.1, 0.15) is 25.3 Å². The van der Waals surface area contributed by atoms with Crippen molar-refractivity contribution in [1.82, 2.24) is 10.2 Å². The molecule has 1 aliphatic carbocycles. The topological polar surface area (TPSA) is 15.3 Å². The third-order valence-electron chi connectivity index (χ3n) is 4.41. The molecule has 1 saturated heterocycles. The molecule has 2 nitrogen and oxygen atoms in total. The normalized spacial score (nSPS) is 28.6. The van der Waals surface area contributed by atoms with Crippen LogP contribution in [0.3, 0.4) is 0 Å². The molecule has 2 aliphatic rings. The highest BCUT2D eigenvalue weighted by Gasteiger charge is 2.43. The van der Waals surface area contributed by atoms with Gasteiger partial charge in [-0.05, 0) is 37.3 Å². The van der Waals surface area contributed by atoms with Gasteiger partial charge in [0, 0.05) is 31.7 Å². The van der Waals surface area contributed by atoms with Crippen molar-refractivity contribution in [1.29, 1.82) is 0 Å². The molecule has 1 aliphatic heterocycles. The Bertz CT molecular complexity index is 473. The monoisotopic (exact) mass is 298 g/mol. The van der Waals surface area contributed by atoms with Gasteiger partial charge in [0.1, 0.15) is 0 Å². The Kier molecular flexibility index (Phi) is 3.78. The zero-order valence-corrected chi connectivity index (χ0v) is 12.8. The van der Waals surface area contributed by atoms with Crippen LogP contribution < -0.4 is 5.32 Å². The van der Waals surface area contributed by atoms with Crippen LogP contribution >= 0.6 is 23.2 Å². The van der Waals surface area contributed by atoms with Crippen molar-refractivity contribution in [2.75, 3.05) is 19.6 Å². The molecule has 0 aromatic heterocycles. The number of hydrogen-bond donors (Lipinski definition) is 1. The van der Waals surface area contributed by atoms with E-state index in [4.69, 9.17) is 23.2 Å². The highest BCUT2D eigenvalue weighted by atomic mass is 35.5. The van der Waals surface area contributed by atoms with Crippen molar-refractivity contribution in [3.63, 3.8) is 0 Å².